The van der Waals surface area contributed by atoms with E-state index in [1.54, 1.807) is 6.07 Å². The van der Waals surface area contributed by atoms with Crippen molar-refractivity contribution >= 4 is 5.97 Å². The molecule has 0 spiro atoms. The van der Waals surface area contributed by atoms with Gasteiger partial charge in [-0.05, 0) is 43.6 Å². The van der Waals surface area contributed by atoms with Crippen LogP contribution >= 0.6 is 0 Å². The highest BCUT2D eigenvalue weighted by Crippen LogP contribution is 2.29. The van der Waals surface area contributed by atoms with Gasteiger partial charge in [0.05, 0.1) is 11.7 Å². The molecule has 18 heavy (non-hydrogen) atoms. The van der Waals surface area contributed by atoms with Crippen LogP contribution in [0.3, 0.4) is 0 Å². The maximum atomic E-state index is 11.4. The normalized spacial score (nSPS) is 20.2. The summed E-state index contributed by atoms with van der Waals surface area (Å²) in [4.78, 5) is 13.7. The fourth-order valence-corrected chi connectivity index (χ4v) is 2.64. The van der Waals surface area contributed by atoms with Crippen LogP contribution in [0.1, 0.15) is 39.6 Å². The Bertz CT molecular complexity index is 494. The van der Waals surface area contributed by atoms with Crippen molar-refractivity contribution in [3.05, 3.63) is 34.4 Å². The van der Waals surface area contributed by atoms with Crippen LogP contribution in [0, 0.1) is 6.92 Å². The fourth-order valence-electron chi connectivity index (χ4n) is 2.64. The number of likely N-dealkylation sites (tertiary alicyclic amines) is 1. The van der Waals surface area contributed by atoms with Crippen LogP contribution < -0.4 is 0 Å². The van der Waals surface area contributed by atoms with E-state index >= 15 is 0 Å². The van der Waals surface area contributed by atoms with Crippen LogP contribution in [0.2, 0.25) is 0 Å². The first-order chi connectivity index (χ1) is 8.66. The molecule has 0 aromatic heterocycles. The molecule has 0 amide bonds. The van der Waals surface area contributed by atoms with Gasteiger partial charge < -0.3 is 14.7 Å². The van der Waals surface area contributed by atoms with Crippen LogP contribution in [-0.2, 0) is 11.3 Å². The Labute approximate surface area is 106 Å². The minimum absolute atomic E-state index is 0.253. The average molecular weight is 247 g/mol. The van der Waals surface area contributed by atoms with Gasteiger partial charge in [-0.1, -0.05) is 6.07 Å². The van der Waals surface area contributed by atoms with Gasteiger partial charge >= 0.3 is 5.97 Å². The van der Waals surface area contributed by atoms with E-state index in [4.69, 9.17) is 4.74 Å². The zero-order valence-corrected chi connectivity index (χ0v) is 10.5. The van der Waals surface area contributed by atoms with Gasteiger partial charge in [0.2, 0.25) is 0 Å². The van der Waals surface area contributed by atoms with Gasteiger partial charge in [0, 0.05) is 12.1 Å². The van der Waals surface area contributed by atoms with Crippen molar-refractivity contribution in [1.82, 2.24) is 4.90 Å². The van der Waals surface area contributed by atoms with E-state index in [1.165, 1.54) is 6.42 Å². The number of cyclic esters (lactones) is 1. The number of rotatable bonds is 3. The topological polar surface area (TPSA) is 49.8 Å². The Kier molecular flexibility index (Phi) is 2.84. The molecule has 0 bridgehead atoms. The molecule has 4 nitrogen and oxygen atoms in total. The number of hydrogen-bond acceptors (Lipinski definition) is 4. The Morgan fingerprint density at radius 1 is 1.44 bits per heavy atom. The minimum Gasteiger partial charge on any atom is -0.457 e. The second-order valence-corrected chi connectivity index (χ2v) is 5.05. The van der Waals surface area contributed by atoms with Crippen LogP contribution in [0.5, 0.6) is 0 Å². The standard InChI is InChI=1S/C14H17NO3/c1-9-10(13(16)7-15-5-2-6-15)3-4-11-12(9)8-18-14(11)17/h3-4,13,16H,2,5-8H2,1H3. The van der Waals surface area contributed by atoms with Crippen molar-refractivity contribution in [2.24, 2.45) is 0 Å². The smallest absolute Gasteiger partial charge is 0.338 e. The van der Waals surface area contributed by atoms with Crippen LogP contribution in [-0.4, -0.2) is 35.6 Å². The molecule has 2 aliphatic rings. The lowest BCUT2D eigenvalue weighted by atomic mass is 9.95. The van der Waals surface area contributed by atoms with E-state index in [9.17, 15) is 9.90 Å². The lowest BCUT2D eigenvalue weighted by Gasteiger charge is -2.33. The number of hydrogen-bond donors (Lipinski definition) is 1. The summed E-state index contributed by atoms with van der Waals surface area (Å²) >= 11 is 0. The number of esters is 1. The molecule has 1 saturated heterocycles. The molecule has 1 atom stereocenters. The van der Waals surface area contributed by atoms with Gasteiger partial charge in [0.25, 0.3) is 0 Å². The van der Waals surface area contributed by atoms with Gasteiger partial charge in [-0.3, -0.25) is 0 Å². The molecule has 1 fully saturated rings. The van der Waals surface area contributed by atoms with Crippen molar-refractivity contribution < 1.29 is 14.6 Å². The maximum absolute atomic E-state index is 11.4. The second-order valence-electron chi connectivity index (χ2n) is 5.05. The van der Waals surface area contributed by atoms with Crippen molar-refractivity contribution in [2.75, 3.05) is 19.6 Å². The maximum Gasteiger partial charge on any atom is 0.338 e. The van der Waals surface area contributed by atoms with Gasteiger partial charge in [0.1, 0.15) is 6.61 Å². The number of aliphatic hydroxyl groups is 1. The molecule has 1 aromatic rings. The number of carbonyl (C=O) groups is 1. The number of nitrogens with zero attached hydrogens (tertiary/aromatic N) is 1. The third-order valence-electron chi connectivity index (χ3n) is 3.95. The van der Waals surface area contributed by atoms with E-state index in [-0.39, 0.29) is 5.97 Å². The first-order valence-corrected chi connectivity index (χ1v) is 6.36. The van der Waals surface area contributed by atoms with E-state index in [1.807, 2.05) is 13.0 Å². The number of carbonyl (C=O) groups excluding carboxylic acids is 1. The van der Waals surface area contributed by atoms with Crippen molar-refractivity contribution in [2.45, 2.75) is 26.1 Å². The Morgan fingerprint density at radius 2 is 2.22 bits per heavy atom. The summed E-state index contributed by atoms with van der Waals surface area (Å²) in [7, 11) is 0. The van der Waals surface area contributed by atoms with E-state index < -0.39 is 6.10 Å². The van der Waals surface area contributed by atoms with Gasteiger partial charge in [-0.25, -0.2) is 4.79 Å². The molecular formula is C14H17NO3. The highest BCUT2D eigenvalue weighted by atomic mass is 16.5. The summed E-state index contributed by atoms with van der Waals surface area (Å²) in [6.07, 6.45) is 0.740. The second kappa shape index (κ2) is 4.37. The lowest BCUT2D eigenvalue weighted by molar-refractivity contribution is 0.0535. The van der Waals surface area contributed by atoms with Crippen LogP contribution in [0.25, 0.3) is 0 Å². The number of aliphatic hydroxyl groups excluding tert-OH is 1. The Balaban J connectivity index is 1.86. The highest BCUT2D eigenvalue weighted by Gasteiger charge is 2.26. The van der Waals surface area contributed by atoms with Gasteiger partial charge in [-0.2, -0.15) is 0 Å². The third-order valence-corrected chi connectivity index (χ3v) is 3.95. The van der Waals surface area contributed by atoms with E-state index in [0.717, 1.165) is 29.8 Å². The zero-order valence-electron chi connectivity index (χ0n) is 10.5. The summed E-state index contributed by atoms with van der Waals surface area (Å²) in [5, 5.41) is 10.3. The number of benzene rings is 1. The largest absolute Gasteiger partial charge is 0.457 e. The first-order valence-electron chi connectivity index (χ1n) is 6.36. The molecule has 1 unspecified atom stereocenters. The quantitative estimate of drug-likeness (QED) is 0.820. The molecule has 4 heteroatoms. The summed E-state index contributed by atoms with van der Waals surface area (Å²) < 4.78 is 5.02. The van der Waals surface area contributed by atoms with E-state index in [2.05, 4.69) is 4.90 Å². The molecule has 1 aromatic carbocycles. The molecule has 96 valence electrons. The highest BCUT2D eigenvalue weighted by molar-refractivity contribution is 5.93. The lowest BCUT2D eigenvalue weighted by Crippen LogP contribution is -2.40. The predicted molar refractivity (Wildman–Crippen MR) is 66.3 cm³/mol. The van der Waals surface area contributed by atoms with Crippen molar-refractivity contribution in [3.63, 3.8) is 0 Å². The number of β-amino-alcohol motifs (C(OH)–C–C–N with tert-alkyl or cyclic N) is 1. The van der Waals surface area contributed by atoms with Crippen LogP contribution in [0.4, 0.5) is 0 Å². The minimum atomic E-state index is -0.480. The Morgan fingerprint density at radius 3 is 2.89 bits per heavy atom. The average Bonchev–Trinajstić information content (AvgIpc) is 2.67. The third kappa shape index (κ3) is 1.82. The molecule has 3 rings (SSSR count). The summed E-state index contributed by atoms with van der Waals surface area (Å²) in [5.74, 6) is -0.253. The zero-order chi connectivity index (χ0) is 12.7. The monoisotopic (exact) mass is 247 g/mol. The summed E-state index contributed by atoms with van der Waals surface area (Å²) in [5.41, 5.74) is 3.48. The number of ether oxygens (including phenoxy) is 1. The molecule has 2 heterocycles. The SMILES string of the molecule is Cc1c(C(O)CN2CCC2)ccc2c1COC2=O. The van der Waals surface area contributed by atoms with E-state index in [0.29, 0.717) is 18.7 Å². The molecule has 1 N–H and O–H groups in total. The summed E-state index contributed by atoms with van der Waals surface area (Å²) in [6, 6.07) is 3.62. The number of fused-ring (bicyclic) bond motifs is 1. The fraction of sp³-hybridized carbons (Fsp3) is 0.500. The predicted octanol–water partition coefficient (Wildman–Crippen LogP) is 1.40. The molecule has 0 saturated carbocycles. The molecular weight excluding hydrogens is 230 g/mol. The van der Waals surface area contributed by atoms with Gasteiger partial charge in [-0.15, -0.1) is 0 Å². The first kappa shape index (κ1) is 11.7. The van der Waals surface area contributed by atoms with Crippen molar-refractivity contribution in [1.29, 1.82) is 0 Å². The molecule has 0 aliphatic carbocycles. The molecule has 0 radical (unpaired) electrons. The van der Waals surface area contributed by atoms with Gasteiger partial charge in [0.15, 0.2) is 0 Å². The van der Waals surface area contributed by atoms with Crippen molar-refractivity contribution in [3.8, 4) is 0 Å². The summed E-state index contributed by atoms with van der Waals surface area (Å²) in [6.45, 7) is 5.11. The molecule has 2 aliphatic heterocycles. The Hall–Kier alpha value is -1.39. The van der Waals surface area contributed by atoms with Crippen LogP contribution in [0.15, 0.2) is 12.1 Å².